The third-order valence-electron chi connectivity index (χ3n) is 4.94. The van der Waals surface area contributed by atoms with Crippen LogP contribution in [0.5, 0.6) is 5.75 Å². The first-order valence-corrected chi connectivity index (χ1v) is 9.27. The number of nitrogens with zero attached hydrogens (tertiary/aromatic N) is 4. The summed E-state index contributed by atoms with van der Waals surface area (Å²) in [5.41, 5.74) is 0.629. The Bertz CT molecular complexity index is 748. The van der Waals surface area contributed by atoms with Gasteiger partial charge in [-0.15, -0.1) is 10.1 Å². The van der Waals surface area contributed by atoms with Crippen molar-refractivity contribution >= 4 is 11.8 Å². The van der Waals surface area contributed by atoms with Crippen molar-refractivity contribution in [2.45, 2.75) is 6.42 Å². The zero-order valence-corrected chi connectivity index (χ0v) is 15.8. The summed E-state index contributed by atoms with van der Waals surface area (Å²) in [4.78, 5) is 45.0. The molecule has 0 bridgehead atoms. The summed E-state index contributed by atoms with van der Waals surface area (Å²) < 4.78 is 5.77. The summed E-state index contributed by atoms with van der Waals surface area (Å²) in [7, 11) is 2.11. The van der Waals surface area contributed by atoms with Gasteiger partial charge >= 0.3 is 0 Å². The van der Waals surface area contributed by atoms with E-state index in [9.17, 15) is 19.7 Å². The summed E-state index contributed by atoms with van der Waals surface area (Å²) in [6, 6.07) is 4.87. The van der Waals surface area contributed by atoms with E-state index in [1.807, 2.05) is 0 Å². The Morgan fingerprint density at radius 1 is 1.04 bits per heavy atom. The number of fused-ring (bicyclic) bond motifs is 1. The summed E-state index contributed by atoms with van der Waals surface area (Å²) in [6.45, 7) is 5.31. The molecule has 10 nitrogen and oxygen atoms in total. The molecule has 2 aliphatic rings. The molecular formula is C18H24N4O6. The third-order valence-corrected chi connectivity index (χ3v) is 4.94. The molecule has 2 aliphatic heterocycles. The number of amides is 2. The van der Waals surface area contributed by atoms with Crippen LogP contribution in [0.25, 0.3) is 0 Å². The molecule has 0 saturated carbocycles. The first kappa shape index (κ1) is 20.0. The van der Waals surface area contributed by atoms with Gasteiger partial charge in [0.2, 0.25) is 0 Å². The van der Waals surface area contributed by atoms with E-state index in [1.165, 1.54) is 0 Å². The number of likely N-dealkylation sites (N-methyl/N-ethyl adjacent to an activating group) is 1. The van der Waals surface area contributed by atoms with Gasteiger partial charge in [-0.25, -0.2) is 0 Å². The van der Waals surface area contributed by atoms with Crippen molar-refractivity contribution in [1.82, 2.24) is 14.7 Å². The van der Waals surface area contributed by atoms with Gasteiger partial charge in [0.05, 0.1) is 17.7 Å². The minimum Gasteiger partial charge on any atom is -0.492 e. The second-order valence-corrected chi connectivity index (χ2v) is 6.87. The summed E-state index contributed by atoms with van der Waals surface area (Å²) in [5.74, 6) is -0.261. The van der Waals surface area contributed by atoms with E-state index < -0.39 is 16.9 Å². The largest absolute Gasteiger partial charge is 0.492 e. The second-order valence-electron chi connectivity index (χ2n) is 6.87. The van der Waals surface area contributed by atoms with E-state index in [0.29, 0.717) is 23.5 Å². The topological polar surface area (TPSA) is 105 Å². The van der Waals surface area contributed by atoms with Crippen LogP contribution in [0.4, 0.5) is 0 Å². The molecule has 0 aliphatic carbocycles. The lowest BCUT2D eigenvalue weighted by Crippen LogP contribution is -2.45. The van der Waals surface area contributed by atoms with Crippen LogP contribution in [0.15, 0.2) is 18.2 Å². The quantitative estimate of drug-likeness (QED) is 0.259. The molecule has 2 amide bonds. The van der Waals surface area contributed by atoms with E-state index in [0.717, 1.165) is 37.6 Å². The molecule has 152 valence electrons. The van der Waals surface area contributed by atoms with Crippen molar-refractivity contribution in [3.63, 3.8) is 0 Å². The number of carbonyl (C=O) groups excluding carboxylic acids is 2. The van der Waals surface area contributed by atoms with E-state index in [4.69, 9.17) is 4.74 Å². The van der Waals surface area contributed by atoms with Gasteiger partial charge in [-0.3, -0.25) is 19.4 Å². The molecular weight excluding hydrogens is 368 g/mol. The van der Waals surface area contributed by atoms with Crippen LogP contribution < -0.4 is 4.74 Å². The lowest BCUT2D eigenvalue weighted by molar-refractivity contribution is -0.757. The van der Waals surface area contributed by atoms with Crippen LogP contribution in [0, 0.1) is 10.1 Å². The molecule has 0 spiro atoms. The van der Waals surface area contributed by atoms with Gasteiger partial charge in [-0.05, 0) is 31.7 Å². The predicted molar refractivity (Wildman–Crippen MR) is 98.8 cm³/mol. The van der Waals surface area contributed by atoms with Gasteiger partial charge in [0.1, 0.15) is 12.4 Å². The van der Waals surface area contributed by atoms with Crippen molar-refractivity contribution in [2.75, 3.05) is 59.5 Å². The van der Waals surface area contributed by atoms with Crippen molar-refractivity contribution in [3.05, 3.63) is 39.4 Å². The summed E-state index contributed by atoms with van der Waals surface area (Å²) in [5, 5.41) is 9.26. The molecule has 0 N–H and O–H groups in total. The van der Waals surface area contributed by atoms with Gasteiger partial charge in [0.25, 0.3) is 16.9 Å². The number of piperazine rings is 1. The first-order chi connectivity index (χ1) is 13.5. The molecule has 0 atom stereocenters. The van der Waals surface area contributed by atoms with Crippen molar-refractivity contribution in [2.24, 2.45) is 0 Å². The number of rotatable bonds is 9. The Morgan fingerprint density at radius 3 is 2.46 bits per heavy atom. The SMILES string of the molecule is CN1CCN(CCOc2ccc3c(c2)C(=O)N(CCCO[N+](=O)[O-])C3=O)CC1. The van der Waals surface area contributed by atoms with Crippen molar-refractivity contribution in [1.29, 1.82) is 0 Å². The molecule has 0 unspecified atom stereocenters. The summed E-state index contributed by atoms with van der Waals surface area (Å²) in [6.07, 6.45) is 0.195. The Balaban J connectivity index is 1.51. The van der Waals surface area contributed by atoms with Crippen LogP contribution in [-0.2, 0) is 4.84 Å². The number of imide groups is 1. The third kappa shape index (κ3) is 4.76. The van der Waals surface area contributed by atoms with E-state index in [1.54, 1.807) is 18.2 Å². The maximum absolute atomic E-state index is 12.5. The molecule has 1 aromatic carbocycles. The Labute approximate surface area is 162 Å². The lowest BCUT2D eigenvalue weighted by Gasteiger charge is -2.32. The van der Waals surface area contributed by atoms with Crippen LogP contribution >= 0.6 is 0 Å². The monoisotopic (exact) mass is 392 g/mol. The average molecular weight is 392 g/mol. The maximum atomic E-state index is 12.5. The Kier molecular flexibility index (Phi) is 6.42. The van der Waals surface area contributed by atoms with Gasteiger partial charge in [-0.2, -0.15) is 0 Å². The fourth-order valence-electron chi connectivity index (χ4n) is 3.29. The van der Waals surface area contributed by atoms with Gasteiger partial charge in [0, 0.05) is 39.3 Å². The van der Waals surface area contributed by atoms with E-state index >= 15 is 0 Å². The normalized spacial score (nSPS) is 17.7. The maximum Gasteiger partial charge on any atom is 0.294 e. The minimum atomic E-state index is -0.895. The van der Waals surface area contributed by atoms with E-state index in [2.05, 4.69) is 21.7 Å². The molecule has 1 fully saturated rings. The number of hydrogen-bond donors (Lipinski definition) is 0. The van der Waals surface area contributed by atoms with Crippen LogP contribution in [0.2, 0.25) is 0 Å². The fourth-order valence-corrected chi connectivity index (χ4v) is 3.29. The molecule has 1 saturated heterocycles. The number of ether oxygens (including phenoxy) is 1. The predicted octanol–water partition coefficient (Wildman–Crippen LogP) is 0.507. The second kappa shape index (κ2) is 8.98. The average Bonchev–Trinajstić information content (AvgIpc) is 2.91. The molecule has 1 aromatic rings. The van der Waals surface area contributed by atoms with Crippen molar-refractivity contribution < 1.29 is 24.3 Å². The number of hydrogen-bond acceptors (Lipinski definition) is 8. The van der Waals surface area contributed by atoms with Crippen LogP contribution in [0.3, 0.4) is 0 Å². The van der Waals surface area contributed by atoms with Gasteiger partial charge < -0.3 is 14.5 Å². The Hall–Kier alpha value is -2.72. The highest BCUT2D eigenvalue weighted by atomic mass is 16.9. The van der Waals surface area contributed by atoms with Gasteiger partial charge in [-0.1, -0.05) is 0 Å². The number of carbonyl (C=O) groups is 2. The van der Waals surface area contributed by atoms with Crippen molar-refractivity contribution in [3.8, 4) is 5.75 Å². The molecule has 28 heavy (non-hydrogen) atoms. The smallest absolute Gasteiger partial charge is 0.294 e. The first-order valence-electron chi connectivity index (χ1n) is 9.27. The zero-order chi connectivity index (χ0) is 20.1. The number of benzene rings is 1. The molecule has 0 radical (unpaired) electrons. The lowest BCUT2D eigenvalue weighted by atomic mass is 10.1. The standard InChI is InChI=1S/C18H24N4O6/c1-19-6-8-20(9-7-19)10-12-27-14-3-4-15-16(13-14)18(24)21(17(15)23)5-2-11-28-22(25)26/h3-4,13H,2,5-12H2,1H3. The Morgan fingerprint density at radius 2 is 1.75 bits per heavy atom. The highest BCUT2D eigenvalue weighted by molar-refractivity contribution is 6.21. The molecule has 0 aromatic heterocycles. The zero-order valence-electron chi connectivity index (χ0n) is 15.8. The minimum absolute atomic E-state index is 0.0692. The van der Waals surface area contributed by atoms with Gasteiger partial charge in [0.15, 0.2) is 0 Å². The van der Waals surface area contributed by atoms with E-state index in [-0.39, 0.29) is 19.6 Å². The van der Waals surface area contributed by atoms with Crippen LogP contribution in [-0.4, -0.2) is 91.1 Å². The van der Waals surface area contributed by atoms with Crippen LogP contribution in [0.1, 0.15) is 27.1 Å². The summed E-state index contributed by atoms with van der Waals surface area (Å²) >= 11 is 0. The molecule has 10 heteroatoms. The molecule has 2 heterocycles. The highest BCUT2D eigenvalue weighted by Gasteiger charge is 2.35. The fraction of sp³-hybridized carbons (Fsp3) is 0.556. The molecule has 3 rings (SSSR count). The highest BCUT2D eigenvalue weighted by Crippen LogP contribution is 2.27.